The second-order valence-electron chi connectivity index (χ2n) is 2.05. The van der Waals surface area contributed by atoms with E-state index in [0.717, 1.165) is 0 Å². The Morgan fingerprint density at radius 1 is 1.08 bits per heavy atom. The Morgan fingerprint density at radius 2 is 1.46 bits per heavy atom. The summed E-state index contributed by atoms with van der Waals surface area (Å²) in [6, 6.07) is -1.64. The van der Waals surface area contributed by atoms with E-state index in [1.165, 1.54) is 0 Å². The minimum atomic E-state index is -1.73. The lowest BCUT2D eigenvalue weighted by Gasteiger charge is -2.00. The molecule has 0 aromatic rings. The van der Waals surface area contributed by atoms with E-state index in [9.17, 15) is 14.4 Å². The zero-order valence-electron chi connectivity index (χ0n) is 6.30. The number of carboxylic acids is 3. The van der Waals surface area contributed by atoms with E-state index in [0.29, 0.717) is 6.08 Å². The summed E-state index contributed by atoms with van der Waals surface area (Å²) in [7, 11) is 0. The molecule has 0 aliphatic heterocycles. The molecule has 0 spiro atoms. The summed E-state index contributed by atoms with van der Waals surface area (Å²) in [4.78, 5) is 30.5. The average Bonchev–Trinajstić information content (AvgIpc) is 1.97. The highest BCUT2D eigenvalue weighted by Crippen LogP contribution is 1.97. The molecule has 0 amide bonds. The Morgan fingerprint density at radius 3 is 1.69 bits per heavy atom. The lowest BCUT2D eigenvalue weighted by molar-refractivity contribution is -0.140. The highest BCUT2D eigenvalue weighted by Gasteiger charge is 2.19. The lowest BCUT2D eigenvalue weighted by Crippen LogP contribution is -2.29. The Balaban J connectivity index is 4.84. The van der Waals surface area contributed by atoms with E-state index in [2.05, 4.69) is 0 Å². The minimum absolute atomic E-state index is 0.451. The summed E-state index contributed by atoms with van der Waals surface area (Å²) < 4.78 is 0. The first-order valence-electron chi connectivity index (χ1n) is 3.03. The van der Waals surface area contributed by atoms with E-state index < -0.39 is 29.5 Å². The van der Waals surface area contributed by atoms with Crippen LogP contribution in [0.3, 0.4) is 0 Å². The van der Waals surface area contributed by atoms with Crippen LogP contribution in [-0.4, -0.2) is 39.3 Å². The van der Waals surface area contributed by atoms with Crippen molar-refractivity contribution in [1.82, 2.24) is 0 Å². The molecule has 0 aliphatic carbocycles. The number of rotatable bonds is 4. The van der Waals surface area contributed by atoms with E-state index in [1.54, 1.807) is 0 Å². The van der Waals surface area contributed by atoms with Gasteiger partial charge in [-0.2, -0.15) is 0 Å². The maximum atomic E-state index is 10.2. The van der Waals surface area contributed by atoms with Gasteiger partial charge in [0.15, 0.2) is 0 Å². The molecule has 0 aliphatic rings. The van der Waals surface area contributed by atoms with Crippen molar-refractivity contribution >= 4 is 17.9 Å². The third-order valence-corrected chi connectivity index (χ3v) is 1.09. The number of hydrogen-bond donors (Lipinski definition) is 4. The Kier molecular flexibility index (Phi) is 3.60. The van der Waals surface area contributed by atoms with Crippen LogP contribution >= 0.6 is 0 Å². The quantitative estimate of drug-likeness (QED) is 0.239. The summed E-state index contributed by atoms with van der Waals surface area (Å²) in [5.74, 6) is -4.96. The van der Waals surface area contributed by atoms with Gasteiger partial charge in [0.2, 0.25) is 0 Å². The van der Waals surface area contributed by atoms with Crippen molar-refractivity contribution in [3.05, 3.63) is 11.6 Å². The molecule has 0 heterocycles. The fraction of sp³-hybridized carbons (Fsp3) is 0.167. The minimum Gasteiger partial charge on any atom is -0.480 e. The van der Waals surface area contributed by atoms with Gasteiger partial charge in [-0.25, -0.2) is 9.59 Å². The van der Waals surface area contributed by atoms with Gasteiger partial charge in [0, 0.05) is 0 Å². The van der Waals surface area contributed by atoms with E-state index in [-0.39, 0.29) is 0 Å². The van der Waals surface area contributed by atoms with E-state index in [1.807, 2.05) is 0 Å². The van der Waals surface area contributed by atoms with Crippen molar-refractivity contribution < 1.29 is 29.7 Å². The van der Waals surface area contributed by atoms with Crippen molar-refractivity contribution in [2.75, 3.05) is 0 Å². The van der Waals surface area contributed by atoms with Crippen LogP contribution in [0, 0.1) is 0 Å². The molecule has 0 saturated heterocycles. The number of hydrogen-bond acceptors (Lipinski definition) is 4. The maximum absolute atomic E-state index is 10.2. The third kappa shape index (κ3) is 3.34. The van der Waals surface area contributed by atoms with E-state index >= 15 is 0 Å². The Labute approximate surface area is 72.1 Å². The topological polar surface area (TPSA) is 138 Å². The summed E-state index contributed by atoms with van der Waals surface area (Å²) in [5, 5.41) is 24.8. The fourth-order valence-corrected chi connectivity index (χ4v) is 0.485. The van der Waals surface area contributed by atoms with Gasteiger partial charge in [0.1, 0.15) is 11.6 Å². The normalized spacial score (nSPS) is 11.5. The molecule has 7 nitrogen and oxygen atoms in total. The van der Waals surface area contributed by atoms with Crippen molar-refractivity contribution in [2.24, 2.45) is 5.73 Å². The van der Waals surface area contributed by atoms with Crippen LogP contribution in [0.1, 0.15) is 0 Å². The van der Waals surface area contributed by atoms with Crippen molar-refractivity contribution in [1.29, 1.82) is 0 Å². The molecule has 0 rings (SSSR count). The second kappa shape index (κ2) is 4.21. The first-order valence-corrected chi connectivity index (χ1v) is 3.03. The molecule has 1 unspecified atom stereocenters. The average molecular weight is 189 g/mol. The van der Waals surface area contributed by atoms with Gasteiger partial charge in [-0.15, -0.1) is 0 Å². The Hall–Kier alpha value is -1.89. The van der Waals surface area contributed by atoms with Gasteiger partial charge in [0.05, 0.1) is 0 Å². The highest BCUT2D eigenvalue weighted by atomic mass is 16.4. The van der Waals surface area contributed by atoms with Crippen LogP contribution in [0.25, 0.3) is 0 Å². The van der Waals surface area contributed by atoms with Crippen LogP contribution in [0.2, 0.25) is 0 Å². The molecule has 0 bridgehead atoms. The smallest absolute Gasteiger partial charge is 0.342 e. The molecule has 0 fully saturated rings. The number of carbonyl (C=O) groups is 3. The zero-order chi connectivity index (χ0) is 10.6. The SMILES string of the molecule is NC(C=C(C(=O)O)C(=O)O)C(=O)O. The predicted octanol–water partition coefficient (Wildman–Crippen LogP) is -1.51. The summed E-state index contributed by atoms with van der Waals surface area (Å²) in [6.45, 7) is 0. The molecule has 72 valence electrons. The molecule has 13 heavy (non-hydrogen) atoms. The van der Waals surface area contributed by atoms with Crippen molar-refractivity contribution in [3.63, 3.8) is 0 Å². The van der Waals surface area contributed by atoms with Gasteiger partial charge in [-0.05, 0) is 6.08 Å². The second-order valence-corrected chi connectivity index (χ2v) is 2.05. The van der Waals surface area contributed by atoms with Crippen LogP contribution < -0.4 is 5.73 Å². The lowest BCUT2D eigenvalue weighted by atomic mass is 10.2. The van der Waals surface area contributed by atoms with Gasteiger partial charge < -0.3 is 21.1 Å². The van der Waals surface area contributed by atoms with Crippen LogP contribution in [0.4, 0.5) is 0 Å². The zero-order valence-corrected chi connectivity index (χ0v) is 6.30. The van der Waals surface area contributed by atoms with Gasteiger partial charge in [-0.1, -0.05) is 0 Å². The van der Waals surface area contributed by atoms with Gasteiger partial charge in [0.25, 0.3) is 0 Å². The molecule has 7 heteroatoms. The Bertz CT molecular complexity index is 265. The maximum Gasteiger partial charge on any atom is 0.342 e. The molecule has 0 saturated carbocycles. The summed E-state index contributed by atoms with van der Waals surface area (Å²) >= 11 is 0. The monoisotopic (exact) mass is 189 g/mol. The van der Waals surface area contributed by atoms with Crippen LogP contribution in [-0.2, 0) is 14.4 Å². The highest BCUT2D eigenvalue weighted by molar-refractivity contribution is 6.12. The van der Waals surface area contributed by atoms with Crippen molar-refractivity contribution in [2.45, 2.75) is 6.04 Å². The van der Waals surface area contributed by atoms with Gasteiger partial charge >= 0.3 is 17.9 Å². The first kappa shape index (κ1) is 11.1. The first-order chi connectivity index (χ1) is 5.86. The standard InChI is InChI=1S/C6H7NO6/c7-3(6(12)13)1-2(4(8)9)5(10)11/h1,3H,7H2,(H,8,9)(H,10,11)(H,12,13). The van der Waals surface area contributed by atoms with Crippen LogP contribution in [0.5, 0.6) is 0 Å². The molecular weight excluding hydrogens is 182 g/mol. The third-order valence-electron chi connectivity index (χ3n) is 1.09. The molecule has 1 atom stereocenters. The summed E-state index contributed by atoms with van der Waals surface area (Å²) in [6.07, 6.45) is 0.451. The number of aliphatic carboxylic acids is 3. The largest absolute Gasteiger partial charge is 0.480 e. The molecule has 0 aromatic carbocycles. The number of carboxylic acid groups (broad SMARTS) is 3. The van der Waals surface area contributed by atoms with Crippen molar-refractivity contribution in [3.8, 4) is 0 Å². The molecular formula is C6H7NO6. The molecule has 0 aromatic heterocycles. The molecule has 5 N–H and O–H groups in total. The predicted molar refractivity (Wildman–Crippen MR) is 39.0 cm³/mol. The summed E-state index contributed by atoms with van der Waals surface area (Å²) in [5.41, 5.74) is 3.83. The van der Waals surface area contributed by atoms with Crippen LogP contribution in [0.15, 0.2) is 11.6 Å². The number of nitrogens with two attached hydrogens (primary N) is 1. The van der Waals surface area contributed by atoms with E-state index in [4.69, 9.17) is 21.1 Å². The van der Waals surface area contributed by atoms with Gasteiger partial charge in [-0.3, -0.25) is 4.79 Å². The molecule has 0 radical (unpaired) electrons. The fourth-order valence-electron chi connectivity index (χ4n) is 0.485.